The summed E-state index contributed by atoms with van der Waals surface area (Å²) >= 11 is 0. The van der Waals surface area contributed by atoms with Gasteiger partial charge in [-0.05, 0) is 49.4 Å². The van der Waals surface area contributed by atoms with Crippen LogP contribution in [0.5, 0.6) is 0 Å². The van der Waals surface area contributed by atoms with Gasteiger partial charge in [-0.1, -0.05) is 11.8 Å². The van der Waals surface area contributed by atoms with Gasteiger partial charge in [0.15, 0.2) is 0 Å². The molecule has 1 aromatic carbocycles. The van der Waals surface area contributed by atoms with Crippen molar-refractivity contribution in [2.24, 2.45) is 5.92 Å². The highest BCUT2D eigenvalue weighted by atomic mass is 32.2. The van der Waals surface area contributed by atoms with E-state index in [9.17, 15) is 8.42 Å². The smallest absolute Gasteiger partial charge is 0.233 e. The molecule has 0 aromatic heterocycles. The summed E-state index contributed by atoms with van der Waals surface area (Å²) in [5.41, 5.74) is 2.18. The van der Waals surface area contributed by atoms with Gasteiger partial charge in [0.05, 0.1) is 11.4 Å². The highest BCUT2D eigenvalue weighted by molar-refractivity contribution is 7.92. The third kappa shape index (κ3) is 4.27. The molecule has 0 bridgehead atoms. The molecule has 19 heavy (non-hydrogen) atoms. The average molecular weight is 279 g/mol. The number of hydrogen-bond donors (Lipinski definition) is 2. The quantitative estimate of drug-likeness (QED) is 0.821. The summed E-state index contributed by atoms with van der Waals surface area (Å²) in [6, 6.07) is 5.25. The minimum Gasteiger partial charge on any atom is -0.384 e. The summed E-state index contributed by atoms with van der Waals surface area (Å²) in [4.78, 5) is 0. The van der Waals surface area contributed by atoms with E-state index in [0.29, 0.717) is 11.6 Å². The highest BCUT2D eigenvalue weighted by Crippen LogP contribution is 2.31. The number of anilines is 1. The molecule has 0 heterocycles. The Morgan fingerprint density at radius 3 is 2.74 bits per heavy atom. The molecule has 1 saturated carbocycles. The fourth-order valence-corrected chi connectivity index (χ4v) is 3.40. The van der Waals surface area contributed by atoms with E-state index >= 15 is 0 Å². The predicted octanol–water partition coefficient (Wildman–Crippen LogP) is 1.49. The molecule has 0 amide bonds. The predicted molar refractivity (Wildman–Crippen MR) is 75.3 cm³/mol. The lowest BCUT2D eigenvalue weighted by Gasteiger charge is -2.10. The Balaban J connectivity index is 2.12. The lowest BCUT2D eigenvalue weighted by atomic mass is 10.1. The van der Waals surface area contributed by atoms with Crippen LogP contribution in [0.4, 0.5) is 5.69 Å². The van der Waals surface area contributed by atoms with Gasteiger partial charge in [-0.2, -0.15) is 0 Å². The van der Waals surface area contributed by atoms with Gasteiger partial charge < -0.3 is 5.11 Å². The molecule has 1 aliphatic carbocycles. The highest BCUT2D eigenvalue weighted by Gasteiger charge is 2.28. The van der Waals surface area contributed by atoms with Crippen molar-refractivity contribution in [3.8, 4) is 11.8 Å². The van der Waals surface area contributed by atoms with Gasteiger partial charge in [-0.25, -0.2) is 8.42 Å². The fourth-order valence-electron chi connectivity index (χ4n) is 1.80. The van der Waals surface area contributed by atoms with E-state index in [1.807, 2.05) is 6.92 Å². The van der Waals surface area contributed by atoms with Crippen LogP contribution < -0.4 is 4.72 Å². The van der Waals surface area contributed by atoms with Crippen molar-refractivity contribution in [2.75, 3.05) is 17.1 Å². The van der Waals surface area contributed by atoms with Crippen molar-refractivity contribution < 1.29 is 13.5 Å². The van der Waals surface area contributed by atoms with Crippen LogP contribution >= 0.6 is 0 Å². The minimum atomic E-state index is -3.25. The molecule has 0 saturated heterocycles. The number of aliphatic hydroxyl groups excluding tert-OH is 1. The van der Waals surface area contributed by atoms with Crippen LogP contribution in [0.3, 0.4) is 0 Å². The van der Waals surface area contributed by atoms with E-state index in [2.05, 4.69) is 16.6 Å². The third-order valence-electron chi connectivity index (χ3n) is 2.96. The molecular weight excluding hydrogens is 262 g/mol. The van der Waals surface area contributed by atoms with Crippen molar-refractivity contribution in [3.05, 3.63) is 29.3 Å². The number of nitrogens with one attached hydrogen (secondary N) is 1. The Labute approximate surface area is 113 Å². The first-order valence-electron chi connectivity index (χ1n) is 6.21. The molecule has 4 nitrogen and oxygen atoms in total. The van der Waals surface area contributed by atoms with Crippen LogP contribution in [-0.2, 0) is 10.0 Å². The first kappa shape index (κ1) is 13.9. The van der Waals surface area contributed by atoms with Crippen LogP contribution in [0, 0.1) is 24.7 Å². The summed E-state index contributed by atoms with van der Waals surface area (Å²) in [7, 11) is -3.25. The maximum atomic E-state index is 11.9. The molecule has 0 unspecified atom stereocenters. The monoisotopic (exact) mass is 279 g/mol. The lowest BCUT2D eigenvalue weighted by molar-refractivity contribution is 0.350. The number of benzene rings is 1. The van der Waals surface area contributed by atoms with Crippen LogP contribution in [0.25, 0.3) is 0 Å². The van der Waals surface area contributed by atoms with Crippen LogP contribution in [-0.4, -0.2) is 25.9 Å². The molecule has 102 valence electrons. The van der Waals surface area contributed by atoms with Crippen molar-refractivity contribution in [1.82, 2.24) is 0 Å². The Bertz CT molecular complexity index is 622. The standard InChI is InChI=1S/C14H17NO3S/c1-11-9-12(3-2-8-16)6-7-14(11)15-19(17,18)10-13-4-5-13/h6-7,9,13,15-16H,4-5,8,10H2,1H3. The van der Waals surface area contributed by atoms with Gasteiger partial charge in [-0.3, -0.25) is 4.72 Å². The van der Waals surface area contributed by atoms with Gasteiger partial charge in [0.2, 0.25) is 10.0 Å². The summed E-state index contributed by atoms with van der Waals surface area (Å²) in [6.45, 7) is 1.65. The van der Waals surface area contributed by atoms with Gasteiger partial charge in [0.1, 0.15) is 6.61 Å². The fraction of sp³-hybridized carbons (Fsp3) is 0.429. The molecule has 2 N–H and O–H groups in total. The van der Waals surface area contributed by atoms with E-state index in [-0.39, 0.29) is 12.4 Å². The van der Waals surface area contributed by atoms with E-state index in [0.717, 1.165) is 24.0 Å². The molecule has 2 rings (SSSR count). The third-order valence-corrected chi connectivity index (χ3v) is 4.40. The number of sulfonamides is 1. The van der Waals surface area contributed by atoms with Crippen molar-refractivity contribution >= 4 is 15.7 Å². The Kier molecular flexibility index (Phi) is 4.13. The van der Waals surface area contributed by atoms with Crippen molar-refractivity contribution in [2.45, 2.75) is 19.8 Å². The van der Waals surface area contributed by atoms with Crippen LogP contribution in [0.1, 0.15) is 24.0 Å². The topological polar surface area (TPSA) is 66.4 Å². The summed E-state index contributed by atoms with van der Waals surface area (Å²) in [5.74, 6) is 5.88. The first-order chi connectivity index (χ1) is 9.00. The first-order valence-corrected chi connectivity index (χ1v) is 7.86. The number of aliphatic hydroxyl groups is 1. The molecule has 0 aliphatic heterocycles. The normalized spacial score (nSPS) is 14.6. The maximum Gasteiger partial charge on any atom is 0.233 e. The van der Waals surface area contributed by atoms with E-state index in [4.69, 9.17) is 5.11 Å². The van der Waals surface area contributed by atoms with Crippen LogP contribution in [0.15, 0.2) is 18.2 Å². The molecule has 5 heteroatoms. The van der Waals surface area contributed by atoms with Gasteiger partial charge in [-0.15, -0.1) is 0 Å². The molecule has 1 aromatic rings. The minimum absolute atomic E-state index is 0.186. The zero-order chi connectivity index (χ0) is 13.9. The number of rotatable bonds is 4. The zero-order valence-electron chi connectivity index (χ0n) is 10.8. The average Bonchev–Trinajstić information content (AvgIpc) is 3.12. The number of hydrogen-bond acceptors (Lipinski definition) is 3. The second kappa shape index (κ2) is 5.64. The lowest BCUT2D eigenvalue weighted by Crippen LogP contribution is -2.18. The van der Waals surface area contributed by atoms with Gasteiger partial charge >= 0.3 is 0 Å². The summed E-state index contributed by atoms with van der Waals surface area (Å²) in [5, 5.41) is 8.63. The van der Waals surface area contributed by atoms with Gasteiger partial charge in [0, 0.05) is 5.56 Å². The van der Waals surface area contributed by atoms with Gasteiger partial charge in [0.25, 0.3) is 0 Å². The zero-order valence-corrected chi connectivity index (χ0v) is 11.6. The van der Waals surface area contributed by atoms with Crippen molar-refractivity contribution in [3.63, 3.8) is 0 Å². The molecule has 1 aliphatic rings. The SMILES string of the molecule is Cc1cc(C#CCO)ccc1NS(=O)(=O)CC1CC1. The molecule has 0 radical (unpaired) electrons. The van der Waals surface area contributed by atoms with Crippen molar-refractivity contribution in [1.29, 1.82) is 0 Å². The second-order valence-electron chi connectivity index (χ2n) is 4.82. The summed E-state index contributed by atoms with van der Waals surface area (Å²) < 4.78 is 26.4. The van der Waals surface area contributed by atoms with Crippen LogP contribution in [0.2, 0.25) is 0 Å². The second-order valence-corrected chi connectivity index (χ2v) is 6.58. The molecule has 1 fully saturated rings. The van der Waals surface area contributed by atoms with E-state index < -0.39 is 10.0 Å². The Morgan fingerprint density at radius 1 is 1.42 bits per heavy atom. The maximum absolute atomic E-state index is 11.9. The largest absolute Gasteiger partial charge is 0.384 e. The molecular formula is C14H17NO3S. The Hall–Kier alpha value is -1.51. The van der Waals surface area contributed by atoms with E-state index in [1.54, 1.807) is 18.2 Å². The molecule has 0 atom stereocenters. The number of aryl methyl sites for hydroxylation is 1. The molecule has 0 spiro atoms. The Morgan fingerprint density at radius 2 is 2.16 bits per heavy atom. The van der Waals surface area contributed by atoms with E-state index in [1.165, 1.54) is 0 Å². The summed E-state index contributed by atoms with van der Waals surface area (Å²) in [6.07, 6.45) is 2.02.